The number of rotatable bonds is 3. The van der Waals surface area contributed by atoms with Crippen molar-refractivity contribution in [2.24, 2.45) is 0 Å². The average Bonchev–Trinajstić information content (AvgIpc) is 3.51. The van der Waals surface area contributed by atoms with Gasteiger partial charge in [0.1, 0.15) is 0 Å². The van der Waals surface area contributed by atoms with Gasteiger partial charge in [-0.05, 0) is 53.6 Å². The Bertz CT molecular complexity index is 2100. The second-order valence-corrected chi connectivity index (χ2v) is 9.53. The summed E-state index contributed by atoms with van der Waals surface area (Å²) in [5.74, 6) is 0. The molecule has 4 nitrogen and oxygen atoms in total. The molecular weight excluding hydrogens is 464 g/mol. The van der Waals surface area contributed by atoms with Crippen molar-refractivity contribution < 1.29 is 0 Å². The van der Waals surface area contributed by atoms with Crippen molar-refractivity contribution in [3.05, 3.63) is 134 Å². The Morgan fingerprint density at radius 2 is 1.05 bits per heavy atom. The van der Waals surface area contributed by atoms with Gasteiger partial charge in [-0.25, -0.2) is 0 Å². The molecule has 0 radical (unpaired) electrons. The molecule has 4 heteroatoms. The highest BCUT2D eigenvalue weighted by Gasteiger charge is 2.22. The van der Waals surface area contributed by atoms with Gasteiger partial charge in [0.25, 0.3) is 0 Å². The van der Waals surface area contributed by atoms with E-state index < -0.39 is 0 Å². The summed E-state index contributed by atoms with van der Waals surface area (Å²) in [5.41, 5.74) is 10.9. The molecule has 178 valence electrons. The smallest absolute Gasteiger partial charge is 0.0985 e. The topological polar surface area (TPSA) is 35.6 Å². The van der Waals surface area contributed by atoms with Gasteiger partial charge in [0.2, 0.25) is 0 Å². The van der Waals surface area contributed by atoms with E-state index in [0.717, 1.165) is 55.2 Å². The second-order valence-electron chi connectivity index (χ2n) is 9.53. The zero-order chi connectivity index (χ0) is 25.1. The van der Waals surface area contributed by atoms with E-state index in [1.54, 1.807) is 0 Å². The number of para-hydroxylation sites is 2. The fourth-order valence-corrected chi connectivity index (χ4v) is 5.74. The molecule has 0 bridgehead atoms. The third-order valence-electron chi connectivity index (χ3n) is 7.40. The number of nitrogens with zero attached hydrogens (tertiary/aromatic N) is 4. The van der Waals surface area contributed by atoms with Gasteiger partial charge in [0.15, 0.2) is 0 Å². The predicted molar refractivity (Wildman–Crippen MR) is 156 cm³/mol. The van der Waals surface area contributed by atoms with E-state index in [1.807, 2.05) is 18.5 Å². The van der Waals surface area contributed by atoms with Crippen molar-refractivity contribution in [3.8, 4) is 22.5 Å². The van der Waals surface area contributed by atoms with Gasteiger partial charge in [-0.3, -0.25) is 9.97 Å². The second kappa shape index (κ2) is 8.15. The molecule has 0 N–H and O–H groups in total. The summed E-state index contributed by atoms with van der Waals surface area (Å²) in [4.78, 5) is 9.83. The van der Waals surface area contributed by atoms with Crippen LogP contribution in [-0.2, 0) is 0 Å². The third kappa shape index (κ3) is 2.98. The quantitative estimate of drug-likeness (QED) is 0.252. The van der Waals surface area contributed by atoms with Crippen molar-refractivity contribution in [3.63, 3.8) is 0 Å². The van der Waals surface area contributed by atoms with Gasteiger partial charge in [-0.2, -0.15) is 0 Å². The lowest BCUT2D eigenvalue weighted by Gasteiger charge is -2.12. The molecule has 0 spiro atoms. The number of aromatic nitrogens is 4. The molecule has 38 heavy (non-hydrogen) atoms. The number of fused-ring (bicyclic) bond motifs is 7. The zero-order valence-corrected chi connectivity index (χ0v) is 20.5. The SMILES string of the molecule is c1ccc(-c2ccc(-n3c4ccccc4c4ncc5c6ncccc6n(-c6ccccc6)c5c43)cc2)cc1. The Labute approximate surface area is 219 Å². The minimum atomic E-state index is 0.956. The van der Waals surface area contributed by atoms with E-state index in [0.29, 0.717) is 0 Å². The van der Waals surface area contributed by atoms with Crippen LogP contribution in [0.2, 0.25) is 0 Å². The van der Waals surface area contributed by atoms with E-state index >= 15 is 0 Å². The molecule has 8 rings (SSSR count). The van der Waals surface area contributed by atoms with Crippen LogP contribution < -0.4 is 0 Å². The van der Waals surface area contributed by atoms with Crippen LogP contribution in [0.4, 0.5) is 0 Å². The first kappa shape index (κ1) is 20.9. The Morgan fingerprint density at radius 1 is 0.421 bits per heavy atom. The summed E-state index contributed by atoms with van der Waals surface area (Å²) in [7, 11) is 0. The molecule has 0 aliphatic heterocycles. The fraction of sp³-hybridized carbons (Fsp3) is 0. The summed E-state index contributed by atoms with van der Waals surface area (Å²) < 4.78 is 4.68. The lowest BCUT2D eigenvalue weighted by atomic mass is 10.1. The van der Waals surface area contributed by atoms with Crippen LogP contribution in [0.25, 0.3) is 66.4 Å². The molecule has 4 heterocycles. The highest BCUT2D eigenvalue weighted by Crippen LogP contribution is 2.40. The molecule has 0 unspecified atom stereocenters. The first-order chi connectivity index (χ1) is 18.9. The van der Waals surface area contributed by atoms with Crippen molar-refractivity contribution in [1.82, 2.24) is 19.1 Å². The predicted octanol–water partition coefficient (Wildman–Crippen LogP) is 8.34. The van der Waals surface area contributed by atoms with Crippen LogP contribution in [0.3, 0.4) is 0 Å². The number of pyridine rings is 2. The monoisotopic (exact) mass is 486 g/mol. The standard InChI is InChI=1S/C34H22N4/c1-3-10-23(11-4-1)24-17-19-26(20-18-24)37-29-15-8-7-14-27(29)32-34(37)33-28(22-36-32)31-30(16-9-21-35-31)38(33)25-12-5-2-6-13-25/h1-22H. The Hall–Kier alpha value is -5.22. The maximum Gasteiger partial charge on any atom is 0.0985 e. The van der Waals surface area contributed by atoms with Gasteiger partial charge in [-0.1, -0.05) is 78.9 Å². The molecule has 0 amide bonds. The van der Waals surface area contributed by atoms with Crippen molar-refractivity contribution >= 4 is 43.9 Å². The van der Waals surface area contributed by atoms with Gasteiger partial charge in [0, 0.05) is 34.5 Å². The first-order valence-corrected chi connectivity index (χ1v) is 12.8. The molecular formula is C34H22N4. The minimum absolute atomic E-state index is 0.956. The van der Waals surface area contributed by atoms with Gasteiger partial charge >= 0.3 is 0 Å². The summed E-state index contributed by atoms with van der Waals surface area (Å²) in [6, 6.07) is 42.5. The summed E-state index contributed by atoms with van der Waals surface area (Å²) in [5, 5.41) is 2.18. The van der Waals surface area contributed by atoms with Crippen LogP contribution in [0.15, 0.2) is 134 Å². The van der Waals surface area contributed by atoms with Crippen LogP contribution in [0.1, 0.15) is 0 Å². The van der Waals surface area contributed by atoms with E-state index in [4.69, 9.17) is 9.97 Å². The number of hydrogen-bond acceptors (Lipinski definition) is 2. The normalized spacial score (nSPS) is 11.7. The van der Waals surface area contributed by atoms with E-state index in [1.165, 1.54) is 11.1 Å². The van der Waals surface area contributed by atoms with Crippen LogP contribution >= 0.6 is 0 Å². The van der Waals surface area contributed by atoms with Crippen LogP contribution in [-0.4, -0.2) is 19.1 Å². The maximum absolute atomic E-state index is 5.03. The summed E-state index contributed by atoms with van der Waals surface area (Å²) >= 11 is 0. The average molecular weight is 487 g/mol. The maximum atomic E-state index is 5.03. The molecule has 0 saturated heterocycles. The van der Waals surface area contributed by atoms with Crippen molar-refractivity contribution in [2.75, 3.05) is 0 Å². The Kier molecular flexibility index (Phi) is 4.49. The van der Waals surface area contributed by atoms with E-state index in [9.17, 15) is 0 Å². The Morgan fingerprint density at radius 3 is 1.87 bits per heavy atom. The lowest BCUT2D eigenvalue weighted by Crippen LogP contribution is -1.99. The number of benzene rings is 4. The summed E-state index contributed by atoms with van der Waals surface area (Å²) in [6.07, 6.45) is 3.85. The minimum Gasteiger partial charge on any atom is -0.306 e. The number of hydrogen-bond donors (Lipinski definition) is 0. The molecule has 0 aliphatic rings. The fourth-order valence-electron chi connectivity index (χ4n) is 5.74. The first-order valence-electron chi connectivity index (χ1n) is 12.8. The van der Waals surface area contributed by atoms with Crippen LogP contribution in [0, 0.1) is 0 Å². The molecule has 0 fully saturated rings. The van der Waals surface area contributed by atoms with Crippen molar-refractivity contribution in [1.29, 1.82) is 0 Å². The Balaban J connectivity index is 1.52. The highest BCUT2D eigenvalue weighted by atomic mass is 15.1. The van der Waals surface area contributed by atoms with Gasteiger partial charge in [0.05, 0.1) is 33.1 Å². The van der Waals surface area contributed by atoms with Crippen LogP contribution in [0.5, 0.6) is 0 Å². The molecule has 8 aromatic rings. The third-order valence-corrected chi connectivity index (χ3v) is 7.40. The molecule has 0 atom stereocenters. The largest absolute Gasteiger partial charge is 0.306 e. The molecule has 0 saturated carbocycles. The molecule has 4 aromatic heterocycles. The highest BCUT2D eigenvalue weighted by molar-refractivity contribution is 6.21. The van der Waals surface area contributed by atoms with Gasteiger partial charge in [-0.15, -0.1) is 0 Å². The van der Waals surface area contributed by atoms with Crippen molar-refractivity contribution in [2.45, 2.75) is 0 Å². The molecule has 4 aromatic carbocycles. The lowest BCUT2D eigenvalue weighted by molar-refractivity contribution is 1.14. The van der Waals surface area contributed by atoms with E-state index in [-0.39, 0.29) is 0 Å². The van der Waals surface area contributed by atoms with Gasteiger partial charge < -0.3 is 9.13 Å². The summed E-state index contributed by atoms with van der Waals surface area (Å²) in [6.45, 7) is 0. The molecule has 0 aliphatic carbocycles. The van der Waals surface area contributed by atoms with E-state index in [2.05, 4.69) is 124 Å². The zero-order valence-electron chi connectivity index (χ0n) is 20.5.